The standard InChI is InChI=1S/C28H42N2/c1-12-16-25(19-22(7)27(14-3)29-11)20-28(10,15-4)18-17-23(8)30-24(9)26(13-2)21(5)6/h12-17,19,29-30H,4-5,7,9,18,20H2,1-3,6,8,10-11H3/b16-12-,23-17+,25-19+,26-13+,27-14-. The molecule has 0 aliphatic heterocycles. The van der Waals surface area contributed by atoms with Gasteiger partial charge in [0.2, 0.25) is 0 Å². The van der Waals surface area contributed by atoms with Gasteiger partial charge in [0, 0.05) is 24.1 Å². The fourth-order valence-electron chi connectivity index (χ4n) is 3.28. The van der Waals surface area contributed by atoms with Crippen LogP contribution in [-0.2, 0) is 0 Å². The molecular formula is C28H42N2. The molecule has 0 amide bonds. The average Bonchev–Trinajstić information content (AvgIpc) is 2.67. The molecule has 0 heterocycles. The Morgan fingerprint density at radius 2 is 1.67 bits per heavy atom. The molecule has 1 atom stereocenters. The Hall–Kier alpha value is -2.74. The third-order valence-corrected chi connectivity index (χ3v) is 5.04. The van der Waals surface area contributed by atoms with Crippen molar-refractivity contribution >= 4 is 0 Å². The van der Waals surface area contributed by atoms with Gasteiger partial charge in [-0.1, -0.05) is 69.2 Å². The Morgan fingerprint density at radius 3 is 2.10 bits per heavy atom. The van der Waals surface area contributed by atoms with Crippen molar-refractivity contribution in [3.05, 3.63) is 108 Å². The Labute approximate surface area is 185 Å². The quantitative estimate of drug-likeness (QED) is 0.242. The molecule has 0 saturated carbocycles. The zero-order chi connectivity index (χ0) is 23.3. The summed E-state index contributed by atoms with van der Waals surface area (Å²) in [6.07, 6.45) is 16.4. The zero-order valence-electron chi connectivity index (χ0n) is 20.3. The van der Waals surface area contributed by atoms with Crippen molar-refractivity contribution in [1.29, 1.82) is 0 Å². The summed E-state index contributed by atoms with van der Waals surface area (Å²) in [7, 11) is 1.92. The van der Waals surface area contributed by atoms with Crippen molar-refractivity contribution in [3.8, 4) is 0 Å². The molecule has 2 nitrogen and oxygen atoms in total. The molecule has 0 aromatic carbocycles. The third-order valence-electron chi connectivity index (χ3n) is 5.04. The summed E-state index contributed by atoms with van der Waals surface area (Å²) in [5.41, 5.74) is 7.15. The van der Waals surface area contributed by atoms with E-state index in [1.165, 1.54) is 5.57 Å². The van der Waals surface area contributed by atoms with Gasteiger partial charge in [0.1, 0.15) is 0 Å². The fourth-order valence-corrected chi connectivity index (χ4v) is 3.28. The van der Waals surface area contributed by atoms with Crippen molar-refractivity contribution in [2.24, 2.45) is 5.41 Å². The molecule has 2 N–H and O–H groups in total. The van der Waals surface area contributed by atoms with E-state index in [0.29, 0.717) is 0 Å². The van der Waals surface area contributed by atoms with Crippen LogP contribution in [0.5, 0.6) is 0 Å². The van der Waals surface area contributed by atoms with E-state index in [2.05, 4.69) is 75.1 Å². The largest absolute Gasteiger partial charge is 0.388 e. The minimum atomic E-state index is -0.0799. The number of likely N-dealkylation sites (N-methyl/N-ethyl adjacent to an activating group) is 1. The molecule has 0 saturated heterocycles. The Bertz CT molecular complexity index is 796. The first-order valence-electron chi connectivity index (χ1n) is 10.5. The summed E-state index contributed by atoms with van der Waals surface area (Å²) in [6, 6.07) is 0. The second-order valence-corrected chi connectivity index (χ2v) is 7.91. The molecule has 0 aromatic heterocycles. The Morgan fingerprint density at radius 1 is 1.03 bits per heavy atom. The summed E-state index contributed by atoms with van der Waals surface area (Å²) < 4.78 is 0. The fraction of sp³-hybridized carbons (Fsp3) is 0.357. The van der Waals surface area contributed by atoms with Gasteiger partial charge in [-0.15, -0.1) is 6.58 Å². The Balaban J connectivity index is 5.49. The molecule has 0 fully saturated rings. The van der Waals surface area contributed by atoms with Gasteiger partial charge in [-0.2, -0.15) is 0 Å². The maximum atomic E-state index is 4.21. The molecule has 0 rings (SSSR count). The van der Waals surface area contributed by atoms with Gasteiger partial charge in [-0.3, -0.25) is 0 Å². The predicted octanol–water partition coefficient (Wildman–Crippen LogP) is 7.67. The van der Waals surface area contributed by atoms with Crippen LogP contribution in [-0.4, -0.2) is 7.05 Å². The summed E-state index contributed by atoms with van der Waals surface area (Å²) >= 11 is 0. The van der Waals surface area contributed by atoms with Gasteiger partial charge in [0.15, 0.2) is 0 Å². The van der Waals surface area contributed by atoms with Gasteiger partial charge in [-0.25, -0.2) is 0 Å². The minimum absolute atomic E-state index is 0.0799. The molecule has 0 radical (unpaired) electrons. The van der Waals surface area contributed by atoms with E-state index in [1.807, 2.05) is 53.0 Å². The topological polar surface area (TPSA) is 24.1 Å². The highest BCUT2D eigenvalue weighted by Crippen LogP contribution is 2.33. The van der Waals surface area contributed by atoms with Crippen molar-refractivity contribution < 1.29 is 0 Å². The van der Waals surface area contributed by atoms with Crippen molar-refractivity contribution in [2.45, 2.75) is 54.4 Å². The second kappa shape index (κ2) is 13.5. The average molecular weight is 407 g/mol. The van der Waals surface area contributed by atoms with E-state index < -0.39 is 0 Å². The van der Waals surface area contributed by atoms with Crippen molar-refractivity contribution in [3.63, 3.8) is 0 Å². The van der Waals surface area contributed by atoms with Crippen LogP contribution in [0.25, 0.3) is 0 Å². The van der Waals surface area contributed by atoms with Crippen LogP contribution in [0.15, 0.2) is 108 Å². The van der Waals surface area contributed by atoms with Crippen LogP contribution < -0.4 is 10.6 Å². The lowest BCUT2D eigenvalue weighted by Gasteiger charge is -2.26. The number of nitrogens with one attached hydrogen (secondary N) is 2. The molecule has 1 unspecified atom stereocenters. The first kappa shape index (κ1) is 27.3. The van der Waals surface area contributed by atoms with E-state index in [-0.39, 0.29) is 5.41 Å². The summed E-state index contributed by atoms with van der Waals surface area (Å²) in [6.45, 7) is 28.8. The van der Waals surface area contributed by atoms with E-state index in [0.717, 1.165) is 46.7 Å². The van der Waals surface area contributed by atoms with E-state index in [9.17, 15) is 0 Å². The van der Waals surface area contributed by atoms with Gasteiger partial charge in [0.25, 0.3) is 0 Å². The van der Waals surface area contributed by atoms with Crippen molar-refractivity contribution in [1.82, 2.24) is 10.6 Å². The molecule has 30 heavy (non-hydrogen) atoms. The summed E-state index contributed by atoms with van der Waals surface area (Å²) in [5.74, 6) is 0. The molecule has 0 bridgehead atoms. The lowest BCUT2D eigenvalue weighted by Crippen LogP contribution is -2.16. The second-order valence-electron chi connectivity index (χ2n) is 7.91. The van der Waals surface area contributed by atoms with Gasteiger partial charge in [0.05, 0.1) is 0 Å². The number of hydrogen-bond acceptors (Lipinski definition) is 2. The number of allylic oxidation sites excluding steroid dienone is 10. The summed E-state index contributed by atoms with van der Waals surface area (Å²) in [5, 5.41) is 6.59. The lowest BCUT2D eigenvalue weighted by molar-refractivity contribution is 0.432. The molecule has 0 aliphatic carbocycles. The van der Waals surface area contributed by atoms with E-state index in [4.69, 9.17) is 0 Å². The first-order valence-corrected chi connectivity index (χ1v) is 10.5. The van der Waals surface area contributed by atoms with Crippen LogP contribution in [0.2, 0.25) is 0 Å². The molecule has 164 valence electrons. The van der Waals surface area contributed by atoms with Crippen LogP contribution in [0.4, 0.5) is 0 Å². The molecule has 0 aromatic rings. The molecule has 0 aliphatic rings. The normalized spacial score (nSPS) is 15.6. The SMILES string of the molecule is C=CC(C)(C/C=C(\C)NC(=C)/C(=C/C)C(=C)C)CC(/C=C\C)=C/C(=C)/C(=C/C)NC. The van der Waals surface area contributed by atoms with E-state index in [1.54, 1.807) is 0 Å². The zero-order valence-corrected chi connectivity index (χ0v) is 20.3. The summed E-state index contributed by atoms with van der Waals surface area (Å²) in [4.78, 5) is 0. The van der Waals surface area contributed by atoms with Gasteiger partial charge < -0.3 is 10.6 Å². The smallest absolute Gasteiger partial charge is 0.0381 e. The minimum Gasteiger partial charge on any atom is -0.388 e. The van der Waals surface area contributed by atoms with Gasteiger partial charge in [-0.05, 0) is 75.2 Å². The molecular weight excluding hydrogens is 364 g/mol. The number of rotatable bonds is 13. The van der Waals surface area contributed by atoms with E-state index >= 15 is 0 Å². The molecule has 0 spiro atoms. The third kappa shape index (κ3) is 9.17. The van der Waals surface area contributed by atoms with Crippen molar-refractivity contribution in [2.75, 3.05) is 7.05 Å². The highest BCUT2D eigenvalue weighted by molar-refractivity contribution is 5.43. The predicted molar refractivity (Wildman–Crippen MR) is 137 cm³/mol. The van der Waals surface area contributed by atoms with Gasteiger partial charge >= 0.3 is 0 Å². The monoisotopic (exact) mass is 406 g/mol. The lowest BCUT2D eigenvalue weighted by atomic mass is 9.79. The van der Waals surface area contributed by atoms with Crippen LogP contribution >= 0.6 is 0 Å². The van der Waals surface area contributed by atoms with Crippen LogP contribution in [0.3, 0.4) is 0 Å². The number of hydrogen-bond donors (Lipinski definition) is 2. The van der Waals surface area contributed by atoms with Crippen LogP contribution in [0, 0.1) is 5.41 Å². The van der Waals surface area contributed by atoms with Crippen LogP contribution in [0.1, 0.15) is 54.4 Å². The maximum Gasteiger partial charge on any atom is 0.0381 e. The highest BCUT2D eigenvalue weighted by Gasteiger charge is 2.20. The first-order chi connectivity index (χ1) is 14.1. The maximum absolute atomic E-state index is 4.21. The highest BCUT2D eigenvalue weighted by atomic mass is 14.9. The Kier molecular flexibility index (Phi) is 12.2. The molecule has 2 heteroatoms.